The maximum Gasteiger partial charge on any atom is 0.359 e. The quantitative estimate of drug-likeness (QED) is 0.0303. The van der Waals surface area contributed by atoms with Crippen LogP contribution < -0.4 is 59.8 Å². The van der Waals surface area contributed by atoms with Gasteiger partial charge < -0.3 is 103 Å². The second kappa shape index (κ2) is 48.1. The van der Waals surface area contributed by atoms with Crippen molar-refractivity contribution in [2.75, 3.05) is 32.2 Å². The molecule has 0 saturated carbocycles. The number of para-hydroxylation sites is 2. The van der Waals surface area contributed by atoms with Crippen LogP contribution in [0.3, 0.4) is 0 Å². The Balaban J connectivity index is 0.000000298. The van der Waals surface area contributed by atoms with Crippen LogP contribution in [0.4, 0.5) is 0 Å². The largest absolute Gasteiger partial charge is 0.550 e. The van der Waals surface area contributed by atoms with Gasteiger partial charge in [0.25, 0.3) is 0 Å². The average molecular weight is 1380 g/mol. The number of hydrogen-bond acceptors (Lipinski definition) is 25. The summed E-state index contributed by atoms with van der Waals surface area (Å²) in [6, 6.07) is 70.8. The van der Waals surface area contributed by atoms with E-state index in [0.29, 0.717) is 29.2 Å². The van der Waals surface area contributed by atoms with E-state index in [1.165, 1.54) is 72.1 Å². The first-order chi connectivity index (χ1) is 48.0. The number of esters is 2. The number of carbonyl (C=O) groups excluding carboxylic acids is 11. The zero-order chi connectivity index (χ0) is 73.3. The summed E-state index contributed by atoms with van der Waals surface area (Å²) in [5.74, 6) is -11.4. The fourth-order valence-corrected chi connectivity index (χ4v) is 8.42. The summed E-state index contributed by atoms with van der Waals surface area (Å²) in [5, 5.41) is 82.5. The molecule has 0 fully saturated rings. The molecular weight excluding hydrogens is 1320 g/mol. The summed E-state index contributed by atoms with van der Waals surface area (Å²) >= 11 is 1.27. The van der Waals surface area contributed by atoms with Gasteiger partial charge >= 0.3 is 11.9 Å². The van der Waals surface area contributed by atoms with Crippen molar-refractivity contribution in [1.82, 2.24) is 0 Å². The van der Waals surface area contributed by atoms with E-state index in [0.717, 1.165) is 34.1 Å². The molecule has 0 atom stereocenters. The summed E-state index contributed by atoms with van der Waals surface area (Å²) in [6.07, 6.45) is 5.22. The molecule has 0 aliphatic heterocycles. The van der Waals surface area contributed by atoms with Crippen molar-refractivity contribution in [1.29, 1.82) is 0 Å². The number of carboxylic acids is 8. The number of aryl methyl sites for hydroxylation is 3. The third-order valence-corrected chi connectivity index (χ3v) is 13.3. The third kappa shape index (κ3) is 38.0. The molecule has 0 heterocycles. The molecule has 1 aliphatic carbocycles. The van der Waals surface area contributed by atoms with Crippen LogP contribution >= 0.6 is 11.8 Å². The van der Waals surface area contributed by atoms with Gasteiger partial charge in [-0.3, -0.25) is 4.79 Å². The van der Waals surface area contributed by atoms with E-state index in [4.69, 9.17) is 14.2 Å². The molecule has 9 aromatic carbocycles. The Labute approximate surface area is 578 Å². The van der Waals surface area contributed by atoms with Gasteiger partial charge in [0.05, 0.1) is 36.0 Å². The van der Waals surface area contributed by atoms with Crippen LogP contribution in [0, 0.1) is 0 Å². The SMILES string of the molecule is O=C([O-])C(=O)Oc1ccccc1.O=C([O-])C(=O)c1ccccc1.O=C([O-])CCOc1ccccc1.O=C([O-])CCc1ccccc1.O=C([O-])COC(=O)c1ccccc1.O=C([O-])COc1ccc2c(c1)CCCC2.O=C([O-])COc1ccc2ccccc2c1.O=C([O-])CSc1ccccc1. The lowest BCUT2D eigenvalue weighted by molar-refractivity contribution is -0.309. The molecule has 1 aliphatic rings. The fourth-order valence-electron chi connectivity index (χ4n) is 7.79. The van der Waals surface area contributed by atoms with Crippen molar-refractivity contribution >= 4 is 88.0 Å². The number of carbonyl (C=O) groups is 11. The van der Waals surface area contributed by atoms with E-state index in [1.54, 1.807) is 78.9 Å². The number of hydrogen-bond donors (Lipinski definition) is 0. The Morgan fingerprint density at radius 2 is 0.810 bits per heavy atom. The van der Waals surface area contributed by atoms with Crippen molar-refractivity contribution in [2.45, 2.75) is 49.8 Å². The smallest absolute Gasteiger partial charge is 0.359 e. The van der Waals surface area contributed by atoms with E-state index in [-0.39, 0.29) is 43.1 Å². The van der Waals surface area contributed by atoms with Crippen LogP contribution in [-0.2, 0) is 67.2 Å². The van der Waals surface area contributed by atoms with Gasteiger partial charge in [0.1, 0.15) is 48.8 Å². The zero-order valence-electron chi connectivity index (χ0n) is 53.3. The number of benzene rings is 9. The minimum Gasteiger partial charge on any atom is -0.550 e. The molecule has 24 nitrogen and oxygen atoms in total. The van der Waals surface area contributed by atoms with Crippen LogP contribution in [0.2, 0.25) is 0 Å². The predicted octanol–water partition coefficient (Wildman–Crippen LogP) is 1.32. The molecule has 522 valence electrons. The van der Waals surface area contributed by atoms with Crippen molar-refractivity contribution in [3.05, 3.63) is 270 Å². The first-order valence-corrected chi connectivity index (χ1v) is 30.9. The molecular formula is C75H64O24S-8. The Morgan fingerprint density at radius 3 is 1.31 bits per heavy atom. The van der Waals surface area contributed by atoms with Gasteiger partial charge in [-0.05, 0) is 139 Å². The Morgan fingerprint density at radius 1 is 0.360 bits per heavy atom. The minimum atomic E-state index is -1.85. The Bertz CT molecular complexity index is 3940. The van der Waals surface area contributed by atoms with Gasteiger partial charge in [0.2, 0.25) is 5.78 Å². The molecule has 0 spiro atoms. The minimum absolute atomic E-state index is 0.0179. The van der Waals surface area contributed by atoms with E-state index in [2.05, 4.69) is 9.47 Å². The lowest BCUT2D eigenvalue weighted by Gasteiger charge is -2.16. The highest BCUT2D eigenvalue weighted by Crippen LogP contribution is 2.26. The molecule has 0 aromatic heterocycles. The standard InChI is InChI=1S/C12H14O3.C12H10O3.C9H8O4.C9H10O3.C9H10O2.C8H6O4.C8H6O3.C8H8O2S/c2*13-12(14)8-15-11-6-5-9-3-1-2-4-10(9)7-11;10-8(11)6-13-9(12)7-4-2-1-3-5-7;10-9(11)6-7-12-8-4-2-1-3-5-8;10-9(11)7-6-8-4-2-1-3-5-8;9-7(10)8(11)12-6-4-2-1-3-5-6;9-7(8(10)11)6-4-2-1-3-5-6;9-8(10)6-11-7-4-2-1-3-5-7/h5-7H,1-4,8H2,(H,13,14);1-7H,8H2,(H,13,14);1-5H,6H2,(H,10,11);1-5H,6-7H2,(H,10,11);1-5H,6-7H2,(H,10,11);1-5H,(H,9,10);1-5H,(H,10,11);1-5H,6H2,(H,9,10)/p-8. The number of ether oxygens (including phenoxy) is 5. The van der Waals surface area contributed by atoms with E-state index >= 15 is 0 Å². The van der Waals surface area contributed by atoms with Gasteiger partial charge in [-0.1, -0.05) is 170 Å². The first-order valence-electron chi connectivity index (χ1n) is 30.0. The van der Waals surface area contributed by atoms with Crippen LogP contribution in [0.5, 0.6) is 23.0 Å². The molecule has 0 amide bonds. The van der Waals surface area contributed by atoms with Crippen LogP contribution in [0.25, 0.3) is 10.8 Å². The maximum absolute atomic E-state index is 11.0. The Kier molecular flexibility index (Phi) is 39.3. The highest BCUT2D eigenvalue weighted by atomic mass is 32.2. The lowest BCUT2D eigenvalue weighted by Crippen LogP contribution is -2.34. The van der Waals surface area contributed by atoms with E-state index in [1.807, 2.05) is 127 Å². The van der Waals surface area contributed by atoms with Crippen LogP contribution in [-0.4, -0.2) is 97.7 Å². The number of ketones is 1. The average Bonchev–Trinajstić information content (AvgIpc) is 0.855. The predicted molar refractivity (Wildman–Crippen MR) is 346 cm³/mol. The second-order valence-corrected chi connectivity index (χ2v) is 20.9. The van der Waals surface area contributed by atoms with Gasteiger partial charge in [0.15, 0.2) is 5.97 Å². The first kappa shape index (κ1) is 81.6. The van der Waals surface area contributed by atoms with Crippen molar-refractivity contribution in [2.24, 2.45) is 0 Å². The summed E-state index contributed by atoms with van der Waals surface area (Å²) in [7, 11) is 0. The number of rotatable bonds is 22. The number of Topliss-reactive ketones (excluding diaryl/α,β-unsaturated/α-hetero) is 1. The molecule has 0 N–H and O–H groups in total. The number of fused-ring (bicyclic) bond motifs is 2. The molecule has 0 radical (unpaired) electrons. The highest BCUT2D eigenvalue weighted by molar-refractivity contribution is 8.00. The molecule has 0 unspecified atom stereocenters. The number of thioether (sulfide) groups is 1. The number of aliphatic carboxylic acids is 8. The summed E-state index contributed by atoms with van der Waals surface area (Å²) in [5.41, 5.74) is 4.16. The van der Waals surface area contributed by atoms with Crippen molar-refractivity contribution < 1.29 is 117 Å². The highest BCUT2D eigenvalue weighted by Gasteiger charge is 2.11. The molecule has 100 heavy (non-hydrogen) atoms. The summed E-state index contributed by atoms with van der Waals surface area (Å²) < 4.78 is 23.9. The molecule has 25 heteroatoms. The summed E-state index contributed by atoms with van der Waals surface area (Å²) in [4.78, 5) is 114. The Hall–Kier alpha value is -12.6. The third-order valence-electron chi connectivity index (χ3n) is 12.3. The second-order valence-electron chi connectivity index (χ2n) is 19.9. The molecule has 0 saturated heterocycles. The molecule has 10 rings (SSSR count). The normalized spacial score (nSPS) is 10.2. The van der Waals surface area contributed by atoms with Crippen LogP contribution in [0.15, 0.2) is 248 Å². The summed E-state index contributed by atoms with van der Waals surface area (Å²) in [6.45, 7) is -1.35. The van der Waals surface area contributed by atoms with Gasteiger partial charge in [-0.2, -0.15) is 0 Å². The van der Waals surface area contributed by atoms with Gasteiger partial charge in [-0.15, -0.1) is 11.8 Å². The van der Waals surface area contributed by atoms with Gasteiger partial charge in [0, 0.05) is 34.6 Å². The number of carboxylic acid groups (broad SMARTS) is 8. The fraction of sp³-hybridized carbons (Fsp3) is 0.160. The zero-order valence-corrected chi connectivity index (χ0v) is 54.1. The van der Waals surface area contributed by atoms with Gasteiger partial charge in [-0.25, -0.2) is 9.59 Å². The monoisotopic (exact) mass is 1380 g/mol. The van der Waals surface area contributed by atoms with E-state index in [9.17, 15) is 93.6 Å². The van der Waals surface area contributed by atoms with E-state index < -0.39 is 78.7 Å². The van der Waals surface area contributed by atoms with Crippen molar-refractivity contribution in [3.8, 4) is 23.0 Å². The lowest BCUT2D eigenvalue weighted by atomic mass is 9.92. The molecule has 0 bridgehead atoms. The molecule has 9 aromatic rings. The maximum atomic E-state index is 11.0. The van der Waals surface area contributed by atoms with Crippen LogP contribution in [0.1, 0.15) is 63.1 Å². The van der Waals surface area contributed by atoms with Crippen molar-refractivity contribution in [3.63, 3.8) is 0 Å². The topological polar surface area (TPSA) is 418 Å².